The molecular formula is C64H41N3O. The molecule has 0 fully saturated rings. The van der Waals surface area contributed by atoms with Gasteiger partial charge in [0.15, 0.2) is 17.5 Å². The highest BCUT2D eigenvalue weighted by atomic mass is 16.3. The Kier molecular flexibility index (Phi) is 9.36. The van der Waals surface area contributed by atoms with Gasteiger partial charge in [-0.05, 0) is 97.1 Å². The van der Waals surface area contributed by atoms with Crippen molar-refractivity contribution in [3.05, 3.63) is 271 Å². The Morgan fingerprint density at radius 1 is 0.294 bits per heavy atom. The smallest absolute Gasteiger partial charge is 0.164 e. The Morgan fingerprint density at radius 3 is 1.40 bits per heavy atom. The molecule has 2 aromatic heterocycles. The minimum Gasteiger partial charge on any atom is -0.456 e. The van der Waals surface area contributed by atoms with E-state index >= 15 is 0 Å². The summed E-state index contributed by atoms with van der Waals surface area (Å²) in [4.78, 5) is 15.1. The second kappa shape index (κ2) is 16.2. The Labute approximate surface area is 394 Å². The normalized spacial score (nSPS) is 12.5. The summed E-state index contributed by atoms with van der Waals surface area (Å²) in [5, 5.41) is 1.97. The van der Waals surface area contributed by atoms with Crippen LogP contribution in [0.3, 0.4) is 0 Å². The van der Waals surface area contributed by atoms with Crippen molar-refractivity contribution in [2.24, 2.45) is 0 Å². The largest absolute Gasteiger partial charge is 0.456 e. The van der Waals surface area contributed by atoms with Crippen LogP contribution in [-0.4, -0.2) is 15.0 Å². The summed E-state index contributed by atoms with van der Waals surface area (Å²) < 4.78 is 6.53. The zero-order valence-corrected chi connectivity index (χ0v) is 36.9. The van der Waals surface area contributed by atoms with Crippen molar-refractivity contribution in [3.8, 4) is 78.7 Å². The van der Waals surface area contributed by atoms with Crippen LogP contribution in [0.25, 0.3) is 101 Å². The molecule has 0 amide bonds. The van der Waals surface area contributed by atoms with E-state index in [-0.39, 0.29) is 0 Å². The lowest BCUT2D eigenvalue weighted by molar-refractivity contribution is 0.669. The first-order chi connectivity index (χ1) is 33.7. The summed E-state index contributed by atoms with van der Waals surface area (Å²) in [6, 6.07) is 88.5. The molecule has 4 heteroatoms. The zero-order valence-electron chi connectivity index (χ0n) is 36.9. The number of furan rings is 1. The van der Waals surface area contributed by atoms with Crippen LogP contribution in [0, 0.1) is 0 Å². The molecule has 12 aromatic rings. The fourth-order valence-corrected chi connectivity index (χ4v) is 10.6. The molecule has 0 aliphatic heterocycles. The molecule has 0 saturated heterocycles. The number of rotatable bonds is 8. The Balaban J connectivity index is 0.911. The standard InChI is InChI=1S/C64H41N3O/c1-5-19-42(20-6-1)61-65-62(43-21-7-2-8-22-43)67-63(66-61)53-33-18-36-58-60(53)54-41-47(37-38-57(54)68-58)45-24-15-23-44(39-45)46-25-16-26-48(40-46)51-32-17-35-56-59(51)52-31-13-14-34-55(52)64(56,49-27-9-3-10-28-49)50-29-11-4-12-30-50/h1-41H. The van der Waals surface area contributed by atoms with Crippen molar-refractivity contribution in [1.82, 2.24) is 15.0 Å². The van der Waals surface area contributed by atoms with Crippen LogP contribution in [0.4, 0.5) is 0 Å². The third-order valence-electron chi connectivity index (χ3n) is 13.6. The first kappa shape index (κ1) is 39.4. The summed E-state index contributed by atoms with van der Waals surface area (Å²) in [6.07, 6.45) is 0. The maximum absolute atomic E-state index is 6.53. The molecule has 10 aromatic carbocycles. The highest BCUT2D eigenvalue weighted by Gasteiger charge is 2.46. The van der Waals surface area contributed by atoms with Gasteiger partial charge in [-0.3, -0.25) is 0 Å². The van der Waals surface area contributed by atoms with E-state index in [1.165, 1.54) is 44.5 Å². The Hall–Kier alpha value is -8.99. The van der Waals surface area contributed by atoms with Gasteiger partial charge in [0, 0.05) is 27.5 Å². The van der Waals surface area contributed by atoms with Crippen molar-refractivity contribution < 1.29 is 4.42 Å². The van der Waals surface area contributed by atoms with Gasteiger partial charge in [0.05, 0.1) is 5.41 Å². The molecule has 318 valence electrons. The average molecular weight is 868 g/mol. The zero-order chi connectivity index (χ0) is 45.0. The molecule has 13 rings (SSSR count). The van der Waals surface area contributed by atoms with Crippen molar-refractivity contribution in [1.29, 1.82) is 0 Å². The molecule has 0 bridgehead atoms. The number of hydrogen-bond donors (Lipinski definition) is 0. The minimum atomic E-state index is -0.458. The van der Waals surface area contributed by atoms with Crippen LogP contribution in [0.1, 0.15) is 22.3 Å². The van der Waals surface area contributed by atoms with E-state index < -0.39 is 5.41 Å². The highest BCUT2D eigenvalue weighted by Crippen LogP contribution is 2.58. The van der Waals surface area contributed by atoms with Gasteiger partial charge in [-0.25, -0.2) is 15.0 Å². The van der Waals surface area contributed by atoms with Gasteiger partial charge in [0.1, 0.15) is 11.2 Å². The summed E-state index contributed by atoms with van der Waals surface area (Å²) in [5.74, 6) is 1.83. The highest BCUT2D eigenvalue weighted by molar-refractivity contribution is 6.13. The van der Waals surface area contributed by atoms with Gasteiger partial charge >= 0.3 is 0 Å². The summed E-state index contributed by atoms with van der Waals surface area (Å²) in [7, 11) is 0. The van der Waals surface area contributed by atoms with Gasteiger partial charge in [-0.15, -0.1) is 0 Å². The summed E-state index contributed by atoms with van der Waals surface area (Å²) in [6.45, 7) is 0. The monoisotopic (exact) mass is 867 g/mol. The maximum Gasteiger partial charge on any atom is 0.164 e. The van der Waals surface area contributed by atoms with Gasteiger partial charge in [0.25, 0.3) is 0 Å². The first-order valence-electron chi connectivity index (χ1n) is 23.1. The lowest BCUT2D eigenvalue weighted by atomic mass is 9.67. The molecule has 68 heavy (non-hydrogen) atoms. The van der Waals surface area contributed by atoms with Crippen LogP contribution >= 0.6 is 0 Å². The summed E-state index contributed by atoms with van der Waals surface area (Å²) >= 11 is 0. The van der Waals surface area contributed by atoms with E-state index in [0.29, 0.717) is 17.5 Å². The summed E-state index contributed by atoms with van der Waals surface area (Å²) in [5.41, 5.74) is 18.5. The van der Waals surface area contributed by atoms with Crippen LogP contribution in [0.2, 0.25) is 0 Å². The second-order valence-electron chi connectivity index (χ2n) is 17.4. The average Bonchev–Trinajstić information content (AvgIpc) is 3.96. The van der Waals surface area contributed by atoms with Gasteiger partial charge in [0.2, 0.25) is 0 Å². The van der Waals surface area contributed by atoms with Crippen molar-refractivity contribution in [3.63, 3.8) is 0 Å². The number of fused-ring (bicyclic) bond motifs is 6. The predicted octanol–water partition coefficient (Wildman–Crippen LogP) is 16.1. The fraction of sp³-hybridized carbons (Fsp3) is 0.0156. The van der Waals surface area contributed by atoms with Crippen LogP contribution in [0.5, 0.6) is 0 Å². The molecule has 0 N–H and O–H groups in total. The number of hydrogen-bond acceptors (Lipinski definition) is 4. The van der Waals surface area contributed by atoms with E-state index in [1.54, 1.807) is 0 Å². The molecule has 0 atom stereocenters. The minimum absolute atomic E-state index is 0.458. The molecule has 1 aliphatic carbocycles. The molecule has 0 unspecified atom stereocenters. The Morgan fingerprint density at radius 2 is 0.750 bits per heavy atom. The molecule has 0 saturated carbocycles. The van der Waals surface area contributed by atoms with E-state index in [1.807, 2.05) is 72.8 Å². The predicted molar refractivity (Wildman–Crippen MR) is 277 cm³/mol. The van der Waals surface area contributed by atoms with Crippen LogP contribution < -0.4 is 0 Å². The number of benzene rings is 10. The third kappa shape index (κ3) is 6.41. The lowest BCUT2D eigenvalue weighted by Crippen LogP contribution is -2.28. The first-order valence-corrected chi connectivity index (χ1v) is 23.1. The topological polar surface area (TPSA) is 51.8 Å². The lowest BCUT2D eigenvalue weighted by Gasteiger charge is -2.34. The van der Waals surface area contributed by atoms with Crippen LogP contribution in [0.15, 0.2) is 253 Å². The quantitative estimate of drug-likeness (QED) is 0.153. The molecule has 4 nitrogen and oxygen atoms in total. The van der Waals surface area contributed by atoms with E-state index in [2.05, 4.69) is 176 Å². The van der Waals surface area contributed by atoms with E-state index in [9.17, 15) is 0 Å². The Bertz CT molecular complexity index is 3750. The van der Waals surface area contributed by atoms with Gasteiger partial charge in [-0.1, -0.05) is 218 Å². The van der Waals surface area contributed by atoms with Crippen molar-refractivity contribution in [2.75, 3.05) is 0 Å². The van der Waals surface area contributed by atoms with E-state index in [0.717, 1.165) is 60.9 Å². The molecular weight excluding hydrogens is 827 g/mol. The molecule has 0 radical (unpaired) electrons. The van der Waals surface area contributed by atoms with Crippen molar-refractivity contribution >= 4 is 21.9 Å². The number of aromatic nitrogens is 3. The van der Waals surface area contributed by atoms with Crippen LogP contribution in [-0.2, 0) is 5.41 Å². The SMILES string of the molecule is c1ccc(-c2nc(-c3ccccc3)nc(-c3cccc4oc5ccc(-c6cccc(-c7cccc(-c8cccc9c8-c8ccccc8C9(c8ccccc8)c8ccccc8)c7)c6)cc5c34)n2)cc1. The van der Waals surface area contributed by atoms with E-state index in [4.69, 9.17) is 19.4 Å². The fourth-order valence-electron chi connectivity index (χ4n) is 10.6. The van der Waals surface area contributed by atoms with Gasteiger partial charge in [-0.2, -0.15) is 0 Å². The number of nitrogens with zero attached hydrogens (tertiary/aromatic N) is 3. The third-order valence-corrected chi connectivity index (χ3v) is 13.6. The molecule has 0 spiro atoms. The van der Waals surface area contributed by atoms with Crippen molar-refractivity contribution in [2.45, 2.75) is 5.41 Å². The maximum atomic E-state index is 6.53. The molecule has 2 heterocycles. The molecule has 1 aliphatic rings. The second-order valence-corrected chi connectivity index (χ2v) is 17.4. The van der Waals surface area contributed by atoms with Gasteiger partial charge < -0.3 is 4.42 Å².